The maximum absolute atomic E-state index is 11.3. The van der Waals surface area contributed by atoms with Crippen LogP contribution in [0.2, 0.25) is 5.02 Å². The van der Waals surface area contributed by atoms with Crippen LogP contribution in [0, 0.1) is 0 Å². The number of primary sulfonamides is 1. The summed E-state index contributed by atoms with van der Waals surface area (Å²) < 4.78 is 22.5. The zero-order valence-electron chi connectivity index (χ0n) is 11.4. The highest BCUT2D eigenvalue weighted by Crippen LogP contribution is 2.27. The first-order valence-corrected chi connectivity index (χ1v) is 8.14. The molecule has 0 aliphatic rings. The molecule has 2 rings (SSSR count). The lowest BCUT2D eigenvalue weighted by molar-refractivity contribution is 0.598. The number of nitrogens with two attached hydrogens (primary N) is 2. The monoisotopic (exact) mass is 325 g/mol. The summed E-state index contributed by atoms with van der Waals surface area (Å²) in [4.78, 5) is -0.0130. The molecule has 0 saturated heterocycles. The molecule has 0 saturated carbocycles. The zero-order chi connectivity index (χ0) is 15.6. The molecule has 5 nitrogen and oxygen atoms in total. The molecule has 0 aliphatic carbocycles. The van der Waals surface area contributed by atoms with Gasteiger partial charge in [-0.15, -0.1) is 0 Å². The van der Waals surface area contributed by atoms with E-state index in [0.29, 0.717) is 16.4 Å². The number of hydrogen-bond donors (Lipinski definition) is 3. The van der Waals surface area contributed by atoms with Gasteiger partial charge in [0.1, 0.15) is 0 Å². The van der Waals surface area contributed by atoms with Crippen molar-refractivity contribution in [2.75, 3.05) is 11.1 Å². The van der Waals surface area contributed by atoms with E-state index in [1.807, 2.05) is 25.1 Å². The van der Waals surface area contributed by atoms with Gasteiger partial charge in [-0.05, 0) is 42.8 Å². The van der Waals surface area contributed by atoms with Crippen LogP contribution in [0.15, 0.2) is 47.4 Å². The number of benzene rings is 2. The van der Waals surface area contributed by atoms with Crippen LogP contribution < -0.4 is 16.2 Å². The highest BCUT2D eigenvalue weighted by atomic mass is 35.5. The third kappa shape index (κ3) is 3.87. The summed E-state index contributed by atoms with van der Waals surface area (Å²) in [6, 6.07) is 11.8. The molecule has 0 amide bonds. The molecule has 21 heavy (non-hydrogen) atoms. The predicted molar refractivity (Wildman–Crippen MR) is 85.7 cm³/mol. The fourth-order valence-electron chi connectivity index (χ4n) is 1.94. The lowest BCUT2D eigenvalue weighted by Crippen LogP contribution is -2.13. The Morgan fingerprint density at radius 1 is 1.19 bits per heavy atom. The topological polar surface area (TPSA) is 98.2 Å². The zero-order valence-corrected chi connectivity index (χ0v) is 12.9. The third-order valence-electron chi connectivity index (χ3n) is 3.07. The number of rotatable bonds is 4. The highest BCUT2D eigenvalue weighted by Gasteiger charge is 2.12. The van der Waals surface area contributed by atoms with E-state index in [1.54, 1.807) is 12.1 Å². The molecule has 0 spiro atoms. The highest BCUT2D eigenvalue weighted by molar-refractivity contribution is 7.89. The van der Waals surface area contributed by atoms with Crippen molar-refractivity contribution in [2.45, 2.75) is 17.9 Å². The molecule has 0 fully saturated rings. The number of nitrogen functional groups attached to an aromatic ring is 1. The normalized spacial score (nSPS) is 12.9. The van der Waals surface area contributed by atoms with Gasteiger partial charge in [-0.2, -0.15) is 0 Å². The fourth-order valence-corrected chi connectivity index (χ4v) is 2.69. The Labute approximate surface area is 129 Å². The minimum atomic E-state index is -3.75. The molecule has 0 aromatic heterocycles. The minimum absolute atomic E-state index is 0.0130. The quantitative estimate of drug-likeness (QED) is 0.753. The van der Waals surface area contributed by atoms with Crippen molar-refractivity contribution in [3.63, 3.8) is 0 Å². The van der Waals surface area contributed by atoms with Crippen LogP contribution in [0.25, 0.3) is 0 Å². The van der Waals surface area contributed by atoms with Gasteiger partial charge in [0.25, 0.3) is 0 Å². The van der Waals surface area contributed by atoms with Crippen molar-refractivity contribution >= 4 is 33.0 Å². The molecule has 2 aromatic rings. The second-order valence-corrected chi connectivity index (χ2v) is 6.71. The van der Waals surface area contributed by atoms with Crippen LogP contribution in [-0.2, 0) is 10.0 Å². The molecule has 0 heterocycles. The van der Waals surface area contributed by atoms with Gasteiger partial charge in [-0.1, -0.05) is 23.7 Å². The summed E-state index contributed by atoms with van der Waals surface area (Å²) in [6.45, 7) is 1.96. The molecule has 7 heteroatoms. The molecule has 0 aliphatic heterocycles. The van der Waals surface area contributed by atoms with E-state index in [1.165, 1.54) is 12.1 Å². The van der Waals surface area contributed by atoms with E-state index in [9.17, 15) is 8.42 Å². The van der Waals surface area contributed by atoms with E-state index in [-0.39, 0.29) is 10.9 Å². The average Bonchev–Trinajstić information content (AvgIpc) is 2.39. The Morgan fingerprint density at radius 3 is 2.48 bits per heavy atom. The van der Waals surface area contributed by atoms with Gasteiger partial charge in [0, 0.05) is 11.1 Å². The summed E-state index contributed by atoms with van der Waals surface area (Å²) >= 11 is 5.96. The standard InChI is InChI=1S/C14H16ClN3O2S/c1-9(10-3-2-4-11(15)7-10)18-14-6-5-12(8-13(14)16)21(17,19)20/h2-9,18H,16H2,1H3,(H2,17,19,20). The Balaban J connectivity index is 2.24. The van der Waals surface area contributed by atoms with Gasteiger partial charge in [0.05, 0.1) is 16.3 Å². The van der Waals surface area contributed by atoms with Crippen LogP contribution in [0.1, 0.15) is 18.5 Å². The molecule has 112 valence electrons. The van der Waals surface area contributed by atoms with E-state index >= 15 is 0 Å². The summed E-state index contributed by atoms with van der Waals surface area (Å²) in [5.74, 6) is 0. The largest absolute Gasteiger partial charge is 0.397 e. The Morgan fingerprint density at radius 2 is 1.90 bits per heavy atom. The van der Waals surface area contributed by atoms with E-state index in [0.717, 1.165) is 5.56 Å². The number of nitrogens with one attached hydrogen (secondary N) is 1. The summed E-state index contributed by atoms with van der Waals surface area (Å²) in [5, 5.41) is 8.93. The predicted octanol–water partition coefficient (Wildman–Crippen LogP) is 2.74. The first kappa shape index (κ1) is 15.6. The number of halogens is 1. The number of sulfonamides is 1. The van der Waals surface area contributed by atoms with Gasteiger partial charge < -0.3 is 11.1 Å². The summed E-state index contributed by atoms with van der Waals surface area (Å²) in [5.41, 5.74) is 7.81. The second kappa shape index (κ2) is 5.93. The van der Waals surface area contributed by atoms with Crippen LogP contribution in [-0.4, -0.2) is 8.42 Å². The van der Waals surface area contributed by atoms with Gasteiger partial charge >= 0.3 is 0 Å². The van der Waals surface area contributed by atoms with Crippen molar-refractivity contribution in [2.24, 2.45) is 5.14 Å². The Kier molecular flexibility index (Phi) is 4.41. The number of hydrogen-bond acceptors (Lipinski definition) is 4. The first-order chi connectivity index (χ1) is 9.77. The lowest BCUT2D eigenvalue weighted by Gasteiger charge is -2.18. The lowest BCUT2D eigenvalue weighted by atomic mass is 10.1. The molecular weight excluding hydrogens is 310 g/mol. The molecule has 1 atom stereocenters. The molecule has 1 unspecified atom stereocenters. The van der Waals surface area contributed by atoms with Crippen molar-refractivity contribution in [3.8, 4) is 0 Å². The van der Waals surface area contributed by atoms with Crippen LogP contribution in [0.5, 0.6) is 0 Å². The molecule has 5 N–H and O–H groups in total. The number of anilines is 2. The van der Waals surface area contributed by atoms with Gasteiger partial charge in [-0.25, -0.2) is 13.6 Å². The average molecular weight is 326 g/mol. The van der Waals surface area contributed by atoms with Crippen LogP contribution in [0.3, 0.4) is 0 Å². The molecule has 2 aromatic carbocycles. The van der Waals surface area contributed by atoms with Gasteiger partial charge in [0.15, 0.2) is 0 Å². The van der Waals surface area contributed by atoms with Gasteiger partial charge in [-0.3, -0.25) is 0 Å². The SMILES string of the molecule is CC(Nc1ccc(S(N)(=O)=O)cc1N)c1cccc(Cl)c1. The third-order valence-corrected chi connectivity index (χ3v) is 4.22. The van der Waals surface area contributed by atoms with Crippen molar-refractivity contribution < 1.29 is 8.42 Å². The summed E-state index contributed by atoms with van der Waals surface area (Å²) in [7, 11) is -3.75. The second-order valence-electron chi connectivity index (χ2n) is 4.72. The minimum Gasteiger partial charge on any atom is -0.397 e. The molecule has 0 radical (unpaired) electrons. The van der Waals surface area contributed by atoms with Crippen LogP contribution >= 0.6 is 11.6 Å². The maximum atomic E-state index is 11.3. The van der Waals surface area contributed by atoms with E-state index < -0.39 is 10.0 Å². The van der Waals surface area contributed by atoms with Crippen molar-refractivity contribution in [1.29, 1.82) is 0 Å². The van der Waals surface area contributed by atoms with Crippen molar-refractivity contribution in [3.05, 3.63) is 53.1 Å². The Bertz CT molecular complexity index is 763. The summed E-state index contributed by atoms with van der Waals surface area (Å²) in [6.07, 6.45) is 0. The maximum Gasteiger partial charge on any atom is 0.238 e. The molecule has 0 bridgehead atoms. The van der Waals surface area contributed by atoms with Crippen molar-refractivity contribution in [1.82, 2.24) is 0 Å². The van der Waals surface area contributed by atoms with Crippen LogP contribution in [0.4, 0.5) is 11.4 Å². The van der Waals surface area contributed by atoms with E-state index in [4.69, 9.17) is 22.5 Å². The first-order valence-electron chi connectivity index (χ1n) is 6.21. The fraction of sp³-hybridized carbons (Fsp3) is 0.143. The molecular formula is C14H16ClN3O2S. The smallest absolute Gasteiger partial charge is 0.238 e. The Hall–Kier alpha value is -1.76. The van der Waals surface area contributed by atoms with Gasteiger partial charge in [0.2, 0.25) is 10.0 Å². The van der Waals surface area contributed by atoms with E-state index in [2.05, 4.69) is 5.32 Å².